The first-order valence-electron chi connectivity index (χ1n) is 6.26. The van der Waals surface area contributed by atoms with Gasteiger partial charge >= 0.3 is 11.9 Å². The van der Waals surface area contributed by atoms with Gasteiger partial charge in [-0.15, -0.1) is 0 Å². The standard InChI is InChI=1S/C13H17NO6S/c1-3-19-13(18)9-4-5-20-11(9)7-21-6-10(12(16)17)14-8(2)15/h4-5,10H,3,6-7H2,1-2H3,(H,14,15)(H,16,17). The highest BCUT2D eigenvalue weighted by atomic mass is 32.2. The number of rotatable bonds is 8. The van der Waals surface area contributed by atoms with Crippen LogP contribution in [0.4, 0.5) is 0 Å². The van der Waals surface area contributed by atoms with Crippen molar-refractivity contribution in [2.24, 2.45) is 0 Å². The third-order valence-corrected chi connectivity index (χ3v) is 3.47. The summed E-state index contributed by atoms with van der Waals surface area (Å²) in [5.41, 5.74) is 0.329. The van der Waals surface area contributed by atoms with Crippen molar-refractivity contribution in [3.8, 4) is 0 Å². The minimum Gasteiger partial charge on any atom is -0.480 e. The highest BCUT2D eigenvalue weighted by Crippen LogP contribution is 2.19. The zero-order chi connectivity index (χ0) is 15.8. The molecule has 0 radical (unpaired) electrons. The largest absolute Gasteiger partial charge is 0.480 e. The zero-order valence-corrected chi connectivity index (χ0v) is 12.6. The fourth-order valence-corrected chi connectivity index (χ4v) is 2.52. The Morgan fingerprint density at radius 1 is 1.48 bits per heavy atom. The molecular formula is C13H17NO6S. The van der Waals surface area contributed by atoms with E-state index in [2.05, 4.69) is 5.32 Å². The Kier molecular flexibility index (Phi) is 6.80. The number of carboxylic acids is 1. The van der Waals surface area contributed by atoms with Crippen molar-refractivity contribution in [2.75, 3.05) is 12.4 Å². The van der Waals surface area contributed by atoms with Crippen LogP contribution in [0, 0.1) is 0 Å². The lowest BCUT2D eigenvalue weighted by atomic mass is 10.3. The summed E-state index contributed by atoms with van der Waals surface area (Å²) in [5.74, 6) is -1.09. The Morgan fingerprint density at radius 2 is 2.19 bits per heavy atom. The number of esters is 1. The minimum atomic E-state index is -1.11. The molecule has 0 aliphatic rings. The van der Waals surface area contributed by atoms with Gasteiger partial charge in [0.15, 0.2) is 0 Å². The van der Waals surface area contributed by atoms with E-state index < -0.39 is 23.9 Å². The van der Waals surface area contributed by atoms with E-state index in [1.54, 1.807) is 6.92 Å². The lowest BCUT2D eigenvalue weighted by molar-refractivity contribution is -0.140. The zero-order valence-electron chi connectivity index (χ0n) is 11.8. The molecule has 0 saturated heterocycles. The molecule has 0 saturated carbocycles. The Bertz CT molecular complexity index is 513. The van der Waals surface area contributed by atoms with Crippen molar-refractivity contribution in [1.29, 1.82) is 0 Å². The van der Waals surface area contributed by atoms with Gasteiger partial charge in [0.05, 0.1) is 18.6 Å². The van der Waals surface area contributed by atoms with E-state index >= 15 is 0 Å². The molecule has 0 aliphatic carbocycles. The van der Waals surface area contributed by atoms with Crippen LogP contribution in [-0.4, -0.2) is 41.4 Å². The Hall–Kier alpha value is -1.96. The molecule has 116 valence electrons. The second kappa shape index (κ2) is 8.35. The number of furan rings is 1. The highest BCUT2D eigenvalue weighted by molar-refractivity contribution is 7.98. The molecule has 0 aromatic carbocycles. The fraction of sp³-hybridized carbons (Fsp3) is 0.462. The molecular weight excluding hydrogens is 298 g/mol. The van der Waals surface area contributed by atoms with Crippen molar-refractivity contribution in [1.82, 2.24) is 5.32 Å². The number of amides is 1. The number of carboxylic acid groups (broad SMARTS) is 1. The molecule has 0 bridgehead atoms. The van der Waals surface area contributed by atoms with Crippen LogP contribution < -0.4 is 5.32 Å². The number of hydrogen-bond donors (Lipinski definition) is 2. The molecule has 2 N–H and O–H groups in total. The maximum absolute atomic E-state index is 11.6. The number of ether oxygens (including phenoxy) is 1. The van der Waals surface area contributed by atoms with Gasteiger partial charge in [0, 0.05) is 12.7 Å². The maximum Gasteiger partial charge on any atom is 0.341 e. The lowest BCUT2D eigenvalue weighted by Crippen LogP contribution is -2.41. The van der Waals surface area contributed by atoms with Crippen molar-refractivity contribution in [3.63, 3.8) is 0 Å². The highest BCUT2D eigenvalue weighted by Gasteiger charge is 2.20. The van der Waals surface area contributed by atoms with E-state index in [9.17, 15) is 14.4 Å². The van der Waals surface area contributed by atoms with Crippen LogP contribution in [0.1, 0.15) is 30.0 Å². The van der Waals surface area contributed by atoms with Crippen LogP contribution in [0.5, 0.6) is 0 Å². The molecule has 0 aliphatic heterocycles. The second-order valence-corrected chi connectivity index (χ2v) is 5.11. The summed E-state index contributed by atoms with van der Waals surface area (Å²) < 4.78 is 10.1. The lowest BCUT2D eigenvalue weighted by Gasteiger charge is -2.12. The van der Waals surface area contributed by atoms with Crippen LogP contribution in [0.3, 0.4) is 0 Å². The first-order valence-corrected chi connectivity index (χ1v) is 7.42. The van der Waals surface area contributed by atoms with Gasteiger partial charge in [0.1, 0.15) is 17.4 Å². The molecule has 1 aromatic heterocycles. The minimum absolute atomic E-state index is 0.165. The van der Waals surface area contributed by atoms with Gasteiger partial charge in [-0.3, -0.25) is 4.79 Å². The summed E-state index contributed by atoms with van der Waals surface area (Å²) in [7, 11) is 0. The quantitative estimate of drug-likeness (QED) is 0.696. The van der Waals surface area contributed by atoms with Gasteiger partial charge in [0.25, 0.3) is 0 Å². The summed E-state index contributed by atoms with van der Waals surface area (Å²) in [5, 5.41) is 11.3. The van der Waals surface area contributed by atoms with E-state index in [1.165, 1.54) is 31.0 Å². The Labute approximate surface area is 126 Å². The molecule has 21 heavy (non-hydrogen) atoms. The summed E-state index contributed by atoms with van der Waals surface area (Å²) >= 11 is 1.24. The van der Waals surface area contributed by atoms with Crippen molar-refractivity contribution < 1.29 is 28.6 Å². The molecule has 1 atom stereocenters. The van der Waals surface area contributed by atoms with E-state index in [1.807, 2.05) is 0 Å². The monoisotopic (exact) mass is 315 g/mol. The average Bonchev–Trinajstić information content (AvgIpc) is 2.85. The smallest absolute Gasteiger partial charge is 0.341 e. The van der Waals surface area contributed by atoms with Crippen LogP contribution in [-0.2, 0) is 20.1 Å². The van der Waals surface area contributed by atoms with Gasteiger partial charge in [-0.25, -0.2) is 9.59 Å². The summed E-state index contributed by atoms with van der Waals surface area (Å²) in [4.78, 5) is 33.5. The Balaban J connectivity index is 2.55. The second-order valence-electron chi connectivity index (χ2n) is 4.08. The molecule has 1 aromatic rings. The predicted molar refractivity (Wildman–Crippen MR) is 76.1 cm³/mol. The van der Waals surface area contributed by atoms with Crippen LogP contribution in [0.25, 0.3) is 0 Å². The van der Waals surface area contributed by atoms with E-state index in [0.29, 0.717) is 17.1 Å². The van der Waals surface area contributed by atoms with E-state index in [-0.39, 0.29) is 12.4 Å². The molecule has 1 heterocycles. The van der Waals surface area contributed by atoms with Crippen LogP contribution in [0.2, 0.25) is 0 Å². The van der Waals surface area contributed by atoms with Crippen molar-refractivity contribution >= 4 is 29.6 Å². The summed E-state index contributed by atoms with van der Waals surface area (Å²) in [6.07, 6.45) is 1.38. The summed E-state index contributed by atoms with van der Waals surface area (Å²) in [6, 6.07) is 0.532. The number of hydrogen-bond acceptors (Lipinski definition) is 6. The number of nitrogens with one attached hydrogen (secondary N) is 1. The van der Waals surface area contributed by atoms with Crippen molar-refractivity contribution in [2.45, 2.75) is 25.6 Å². The number of thioether (sulfide) groups is 1. The maximum atomic E-state index is 11.6. The molecule has 1 rings (SSSR count). The molecule has 1 unspecified atom stereocenters. The topological polar surface area (TPSA) is 106 Å². The van der Waals surface area contributed by atoms with Gasteiger partial charge in [-0.05, 0) is 13.0 Å². The van der Waals surface area contributed by atoms with Crippen LogP contribution in [0.15, 0.2) is 16.7 Å². The SMILES string of the molecule is CCOC(=O)c1ccoc1CSCC(NC(C)=O)C(=O)O. The summed E-state index contributed by atoms with van der Waals surface area (Å²) in [6.45, 7) is 3.23. The van der Waals surface area contributed by atoms with E-state index in [4.69, 9.17) is 14.3 Å². The number of carbonyl (C=O) groups is 3. The van der Waals surface area contributed by atoms with Crippen molar-refractivity contribution in [3.05, 3.63) is 23.7 Å². The Morgan fingerprint density at radius 3 is 2.76 bits per heavy atom. The first-order chi connectivity index (χ1) is 9.95. The molecule has 0 spiro atoms. The van der Waals surface area contributed by atoms with Gasteiger partial charge in [-0.2, -0.15) is 11.8 Å². The van der Waals surface area contributed by atoms with Gasteiger partial charge in [0.2, 0.25) is 5.91 Å². The third kappa shape index (κ3) is 5.50. The number of carbonyl (C=O) groups excluding carboxylic acids is 2. The first kappa shape index (κ1) is 17.1. The van der Waals surface area contributed by atoms with Gasteiger partial charge < -0.3 is 19.6 Å². The van der Waals surface area contributed by atoms with E-state index in [0.717, 1.165) is 0 Å². The normalized spacial score (nSPS) is 11.7. The molecule has 8 heteroatoms. The predicted octanol–water partition coefficient (Wildman–Crippen LogP) is 1.28. The number of aliphatic carboxylic acids is 1. The molecule has 7 nitrogen and oxygen atoms in total. The molecule has 0 fully saturated rings. The van der Waals surface area contributed by atoms with Crippen LogP contribution >= 0.6 is 11.8 Å². The fourth-order valence-electron chi connectivity index (χ4n) is 1.53. The average molecular weight is 315 g/mol. The molecule has 1 amide bonds. The van der Waals surface area contributed by atoms with Gasteiger partial charge in [-0.1, -0.05) is 0 Å². The third-order valence-electron chi connectivity index (χ3n) is 2.43.